The van der Waals surface area contributed by atoms with E-state index in [1.807, 2.05) is 19.1 Å². The van der Waals surface area contributed by atoms with Gasteiger partial charge in [-0.15, -0.1) is 0 Å². The molecule has 22 heavy (non-hydrogen) atoms. The zero-order valence-electron chi connectivity index (χ0n) is 12.8. The van der Waals surface area contributed by atoms with Crippen LogP contribution in [0.15, 0.2) is 23.0 Å². The highest BCUT2D eigenvalue weighted by Crippen LogP contribution is 2.28. The fourth-order valence-corrected chi connectivity index (χ4v) is 2.67. The second kappa shape index (κ2) is 5.18. The zero-order valence-corrected chi connectivity index (χ0v) is 13.6. The average molecular weight is 315 g/mol. The summed E-state index contributed by atoms with van der Waals surface area (Å²) in [5, 5.41) is 0.663. The summed E-state index contributed by atoms with van der Waals surface area (Å²) in [5.41, 5.74) is 3.24. The highest BCUT2D eigenvalue weighted by molar-refractivity contribution is 6.30. The molecule has 2 aromatic heterocycles. The summed E-state index contributed by atoms with van der Waals surface area (Å²) >= 11 is 6.02. The Kier molecular flexibility index (Phi) is 3.45. The number of fused-ring (bicyclic) bond motifs is 1. The number of nitrogens with zero attached hydrogens (tertiary/aromatic N) is 4. The third-order valence-corrected chi connectivity index (χ3v) is 3.94. The van der Waals surface area contributed by atoms with Crippen molar-refractivity contribution < 1.29 is 0 Å². The van der Waals surface area contributed by atoms with Crippen molar-refractivity contribution in [1.82, 2.24) is 19.5 Å². The molecule has 0 aliphatic rings. The third-order valence-electron chi connectivity index (χ3n) is 3.71. The molecule has 6 heteroatoms. The van der Waals surface area contributed by atoms with Crippen LogP contribution in [0.5, 0.6) is 0 Å². The van der Waals surface area contributed by atoms with Crippen LogP contribution in [0.2, 0.25) is 5.02 Å². The average Bonchev–Trinajstić information content (AvgIpc) is 2.46. The molecule has 0 amide bonds. The summed E-state index contributed by atoms with van der Waals surface area (Å²) in [4.78, 5) is 25.7. The molecule has 1 aromatic carbocycles. The molecular formula is C16H15ClN4O. The van der Waals surface area contributed by atoms with E-state index in [-0.39, 0.29) is 5.56 Å². The lowest BCUT2D eigenvalue weighted by Gasteiger charge is -2.11. The molecule has 0 N–H and O–H groups in total. The molecule has 5 nitrogen and oxygen atoms in total. The molecule has 0 atom stereocenters. The maximum absolute atomic E-state index is 12.4. The molecule has 0 unspecified atom stereocenters. The van der Waals surface area contributed by atoms with Crippen LogP contribution < -0.4 is 5.56 Å². The van der Waals surface area contributed by atoms with Gasteiger partial charge >= 0.3 is 0 Å². The summed E-state index contributed by atoms with van der Waals surface area (Å²) in [6.07, 6.45) is 0. The van der Waals surface area contributed by atoms with Crippen LogP contribution in [0.4, 0.5) is 0 Å². The second-order valence-corrected chi connectivity index (χ2v) is 5.74. The molecule has 0 fully saturated rings. The number of benzene rings is 1. The second-order valence-electron chi connectivity index (χ2n) is 5.30. The van der Waals surface area contributed by atoms with Gasteiger partial charge < -0.3 is 0 Å². The predicted octanol–water partition coefficient (Wildman–Crippen LogP) is 2.97. The van der Waals surface area contributed by atoms with Gasteiger partial charge in [0.05, 0.1) is 0 Å². The van der Waals surface area contributed by atoms with Gasteiger partial charge in [0.2, 0.25) is 0 Å². The summed E-state index contributed by atoms with van der Waals surface area (Å²) in [5.74, 6) is 1.16. The van der Waals surface area contributed by atoms with Crippen molar-refractivity contribution in [3.63, 3.8) is 0 Å². The van der Waals surface area contributed by atoms with E-state index < -0.39 is 0 Å². The van der Waals surface area contributed by atoms with Gasteiger partial charge in [-0.25, -0.2) is 15.0 Å². The highest BCUT2D eigenvalue weighted by atomic mass is 35.5. The van der Waals surface area contributed by atoms with Crippen LogP contribution >= 0.6 is 11.6 Å². The minimum atomic E-state index is -0.166. The summed E-state index contributed by atoms with van der Waals surface area (Å²) in [6, 6.07) is 5.57. The number of hydrogen-bond donors (Lipinski definition) is 0. The fraction of sp³-hybridized carbons (Fsp3) is 0.250. The Balaban J connectivity index is 2.46. The number of halogens is 1. The standard InChI is InChI=1S/C16H15ClN4O/c1-8-7-11(17)5-6-12(8)13-14-15(19-9(2)18-13)16(22)21(4)10(3)20-14/h5-7H,1-4H3. The molecule has 0 aliphatic heterocycles. The Hall–Kier alpha value is -2.27. The van der Waals surface area contributed by atoms with Crippen LogP contribution in [0.25, 0.3) is 22.3 Å². The molecule has 0 radical (unpaired) electrons. The van der Waals surface area contributed by atoms with E-state index in [1.165, 1.54) is 4.57 Å². The fourth-order valence-electron chi connectivity index (χ4n) is 2.44. The van der Waals surface area contributed by atoms with Crippen LogP contribution in [-0.4, -0.2) is 19.5 Å². The molecule has 0 saturated heterocycles. The Morgan fingerprint density at radius 2 is 1.77 bits per heavy atom. The van der Waals surface area contributed by atoms with E-state index in [0.717, 1.165) is 11.1 Å². The van der Waals surface area contributed by atoms with Gasteiger partial charge in [0, 0.05) is 17.6 Å². The summed E-state index contributed by atoms with van der Waals surface area (Å²) < 4.78 is 1.49. The van der Waals surface area contributed by atoms with Crippen molar-refractivity contribution in [1.29, 1.82) is 0 Å². The molecule has 0 spiro atoms. The van der Waals surface area contributed by atoms with Crippen LogP contribution in [0.3, 0.4) is 0 Å². The quantitative estimate of drug-likeness (QED) is 0.693. The van der Waals surface area contributed by atoms with Crippen LogP contribution in [0.1, 0.15) is 17.2 Å². The Bertz CT molecular complexity index is 962. The first-order chi connectivity index (χ1) is 10.4. The smallest absolute Gasteiger partial charge is 0.279 e. The summed E-state index contributed by atoms with van der Waals surface area (Å²) in [7, 11) is 1.69. The molecule has 2 heterocycles. The van der Waals surface area contributed by atoms with Gasteiger partial charge in [-0.05, 0) is 38.5 Å². The Morgan fingerprint density at radius 1 is 1.05 bits per heavy atom. The Morgan fingerprint density at radius 3 is 2.45 bits per heavy atom. The largest absolute Gasteiger partial charge is 0.298 e. The first kappa shape index (κ1) is 14.7. The predicted molar refractivity (Wildman–Crippen MR) is 87.2 cm³/mol. The first-order valence-corrected chi connectivity index (χ1v) is 7.25. The number of rotatable bonds is 1. The van der Waals surface area contributed by atoms with Gasteiger partial charge in [-0.2, -0.15) is 0 Å². The zero-order chi connectivity index (χ0) is 16.0. The van der Waals surface area contributed by atoms with Crippen LogP contribution in [0, 0.1) is 20.8 Å². The van der Waals surface area contributed by atoms with E-state index in [9.17, 15) is 4.79 Å². The van der Waals surface area contributed by atoms with Crippen LogP contribution in [-0.2, 0) is 7.05 Å². The van der Waals surface area contributed by atoms with Crippen molar-refractivity contribution >= 4 is 22.6 Å². The molecule has 112 valence electrons. The van der Waals surface area contributed by atoms with Crippen molar-refractivity contribution in [2.75, 3.05) is 0 Å². The molecule has 3 aromatic rings. The maximum Gasteiger partial charge on any atom is 0.279 e. The van der Waals surface area contributed by atoms with Crippen molar-refractivity contribution in [3.8, 4) is 11.3 Å². The molecule has 3 rings (SSSR count). The highest BCUT2D eigenvalue weighted by Gasteiger charge is 2.16. The summed E-state index contributed by atoms with van der Waals surface area (Å²) in [6.45, 7) is 5.52. The van der Waals surface area contributed by atoms with E-state index in [4.69, 9.17) is 11.6 Å². The minimum absolute atomic E-state index is 0.166. The number of aromatic nitrogens is 4. The first-order valence-electron chi connectivity index (χ1n) is 6.87. The lowest BCUT2D eigenvalue weighted by molar-refractivity contribution is 0.786. The SMILES string of the molecule is Cc1nc(-c2ccc(Cl)cc2C)c2nc(C)n(C)c(=O)c2n1. The minimum Gasteiger partial charge on any atom is -0.298 e. The van der Waals surface area contributed by atoms with Gasteiger partial charge in [-0.1, -0.05) is 17.7 Å². The van der Waals surface area contributed by atoms with Crippen molar-refractivity contribution in [3.05, 3.63) is 50.8 Å². The Labute approximate surface area is 132 Å². The number of aryl methyl sites for hydroxylation is 3. The van der Waals surface area contributed by atoms with E-state index in [0.29, 0.717) is 33.4 Å². The lowest BCUT2D eigenvalue weighted by Crippen LogP contribution is -2.22. The van der Waals surface area contributed by atoms with Crippen molar-refractivity contribution in [2.24, 2.45) is 7.05 Å². The molecule has 0 saturated carbocycles. The maximum atomic E-state index is 12.4. The third kappa shape index (κ3) is 2.27. The lowest BCUT2D eigenvalue weighted by atomic mass is 10.0. The molecule has 0 bridgehead atoms. The monoisotopic (exact) mass is 314 g/mol. The molecular weight excluding hydrogens is 300 g/mol. The van der Waals surface area contributed by atoms with E-state index in [2.05, 4.69) is 15.0 Å². The van der Waals surface area contributed by atoms with E-state index >= 15 is 0 Å². The topological polar surface area (TPSA) is 60.7 Å². The van der Waals surface area contributed by atoms with Crippen molar-refractivity contribution in [2.45, 2.75) is 20.8 Å². The van der Waals surface area contributed by atoms with Gasteiger partial charge in [0.15, 0.2) is 5.52 Å². The van der Waals surface area contributed by atoms with Gasteiger partial charge in [0.1, 0.15) is 22.9 Å². The molecule has 0 aliphatic carbocycles. The van der Waals surface area contributed by atoms with E-state index in [1.54, 1.807) is 27.0 Å². The number of hydrogen-bond acceptors (Lipinski definition) is 4. The normalized spacial score (nSPS) is 11.1. The van der Waals surface area contributed by atoms with Gasteiger partial charge in [-0.3, -0.25) is 9.36 Å². The van der Waals surface area contributed by atoms with Gasteiger partial charge in [0.25, 0.3) is 5.56 Å².